The summed E-state index contributed by atoms with van der Waals surface area (Å²) in [5.74, 6) is -0.175. The van der Waals surface area contributed by atoms with Crippen LogP contribution in [0.1, 0.15) is 32.4 Å². The molecule has 1 atom stereocenters. The fourth-order valence-electron chi connectivity index (χ4n) is 1.41. The van der Waals surface area contributed by atoms with Crippen LogP contribution in [0.3, 0.4) is 0 Å². The molecule has 18 heavy (non-hydrogen) atoms. The van der Waals surface area contributed by atoms with Gasteiger partial charge in [0, 0.05) is 13.1 Å². The summed E-state index contributed by atoms with van der Waals surface area (Å²) in [6, 6.07) is 0.812. The minimum atomic E-state index is -4.51. The van der Waals surface area contributed by atoms with Gasteiger partial charge in [0.1, 0.15) is 0 Å². The normalized spacial score (nSPS) is 13.2. The van der Waals surface area contributed by atoms with Gasteiger partial charge in [0.25, 0.3) is 0 Å². The van der Waals surface area contributed by atoms with E-state index in [2.05, 4.69) is 15.3 Å². The molecule has 7 heteroatoms. The first kappa shape index (κ1) is 14.5. The van der Waals surface area contributed by atoms with Crippen LogP contribution in [0.25, 0.3) is 0 Å². The molecule has 4 nitrogen and oxygen atoms in total. The SMILES string of the molecule is CCCC(C)Oc1cc(C(F)(F)F)nc(NC)n1. The van der Waals surface area contributed by atoms with Gasteiger partial charge in [-0.2, -0.15) is 18.2 Å². The van der Waals surface area contributed by atoms with Crippen molar-refractivity contribution in [3.05, 3.63) is 11.8 Å². The lowest BCUT2D eigenvalue weighted by Gasteiger charge is -2.15. The van der Waals surface area contributed by atoms with Crippen molar-refractivity contribution in [2.45, 2.75) is 39.0 Å². The topological polar surface area (TPSA) is 47.0 Å². The van der Waals surface area contributed by atoms with Gasteiger partial charge < -0.3 is 10.1 Å². The van der Waals surface area contributed by atoms with Gasteiger partial charge in [-0.3, -0.25) is 0 Å². The summed E-state index contributed by atoms with van der Waals surface area (Å²) in [7, 11) is 1.45. The predicted molar refractivity (Wildman–Crippen MR) is 61.6 cm³/mol. The fraction of sp³-hybridized carbons (Fsp3) is 0.636. The highest BCUT2D eigenvalue weighted by molar-refractivity contribution is 5.31. The van der Waals surface area contributed by atoms with Crippen molar-refractivity contribution in [2.24, 2.45) is 0 Å². The van der Waals surface area contributed by atoms with Gasteiger partial charge in [-0.25, -0.2) is 4.98 Å². The Hall–Kier alpha value is -1.53. The highest BCUT2D eigenvalue weighted by Crippen LogP contribution is 2.30. The molecular weight excluding hydrogens is 247 g/mol. The second-order valence-corrected chi connectivity index (χ2v) is 3.88. The second kappa shape index (κ2) is 5.88. The van der Waals surface area contributed by atoms with Crippen LogP contribution < -0.4 is 10.1 Å². The Bertz CT molecular complexity index is 396. The second-order valence-electron chi connectivity index (χ2n) is 3.88. The Labute approximate surface area is 104 Å². The van der Waals surface area contributed by atoms with Crippen LogP contribution in [0.4, 0.5) is 19.1 Å². The summed E-state index contributed by atoms with van der Waals surface area (Å²) < 4.78 is 43.1. The van der Waals surface area contributed by atoms with Gasteiger partial charge in [-0.15, -0.1) is 0 Å². The molecule has 1 N–H and O–H groups in total. The minimum Gasteiger partial charge on any atom is -0.475 e. The third-order valence-electron chi connectivity index (χ3n) is 2.23. The van der Waals surface area contributed by atoms with E-state index in [1.54, 1.807) is 6.92 Å². The van der Waals surface area contributed by atoms with Crippen LogP contribution >= 0.6 is 0 Å². The van der Waals surface area contributed by atoms with Crippen LogP contribution in [-0.2, 0) is 6.18 Å². The van der Waals surface area contributed by atoms with Gasteiger partial charge in [0.2, 0.25) is 11.8 Å². The maximum Gasteiger partial charge on any atom is 0.433 e. The summed E-state index contributed by atoms with van der Waals surface area (Å²) in [6.45, 7) is 3.76. The van der Waals surface area contributed by atoms with Gasteiger partial charge in [-0.1, -0.05) is 13.3 Å². The molecule has 0 spiro atoms. The molecular formula is C11H16F3N3O. The van der Waals surface area contributed by atoms with Crippen molar-refractivity contribution in [1.29, 1.82) is 0 Å². The van der Waals surface area contributed by atoms with E-state index >= 15 is 0 Å². The van der Waals surface area contributed by atoms with E-state index in [0.717, 1.165) is 18.9 Å². The molecule has 0 aliphatic rings. The lowest BCUT2D eigenvalue weighted by molar-refractivity contribution is -0.141. The standard InChI is InChI=1S/C11H16F3N3O/c1-4-5-7(2)18-9-6-8(11(12,13)14)16-10(15-3)17-9/h6-7H,4-5H2,1-3H3,(H,15,16,17). The number of halogens is 3. The maximum absolute atomic E-state index is 12.6. The number of nitrogens with zero attached hydrogens (tertiary/aromatic N) is 2. The lowest BCUT2D eigenvalue weighted by atomic mass is 10.2. The first-order chi connectivity index (χ1) is 8.36. The van der Waals surface area contributed by atoms with Crippen molar-refractivity contribution in [1.82, 2.24) is 9.97 Å². The van der Waals surface area contributed by atoms with Crippen molar-refractivity contribution < 1.29 is 17.9 Å². The Morgan fingerprint density at radius 1 is 1.39 bits per heavy atom. The molecule has 0 radical (unpaired) electrons. The number of anilines is 1. The van der Waals surface area contributed by atoms with E-state index in [1.165, 1.54) is 7.05 Å². The summed E-state index contributed by atoms with van der Waals surface area (Å²) >= 11 is 0. The Morgan fingerprint density at radius 3 is 2.56 bits per heavy atom. The molecule has 0 saturated carbocycles. The van der Waals surface area contributed by atoms with E-state index in [0.29, 0.717) is 0 Å². The number of alkyl halides is 3. The maximum atomic E-state index is 12.6. The lowest BCUT2D eigenvalue weighted by Crippen LogP contribution is -2.15. The average molecular weight is 263 g/mol. The Balaban J connectivity index is 2.97. The summed E-state index contributed by atoms with van der Waals surface area (Å²) in [5, 5.41) is 2.48. The molecule has 0 aromatic carbocycles. The zero-order valence-electron chi connectivity index (χ0n) is 10.5. The fourth-order valence-corrected chi connectivity index (χ4v) is 1.41. The third kappa shape index (κ3) is 4.05. The molecule has 0 aliphatic carbocycles. The first-order valence-corrected chi connectivity index (χ1v) is 5.67. The van der Waals surface area contributed by atoms with Gasteiger partial charge in [0.05, 0.1) is 6.10 Å². The smallest absolute Gasteiger partial charge is 0.433 e. The molecule has 0 amide bonds. The van der Waals surface area contributed by atoms with Crippen molar-refractivity contribution in [3.63, 3.8) is 0 Å². The number of ether oxygens (including phenoxy) is 1. The van der Waals surface area contributed by atoms with Crippen LogP contribution in [0.2, 0.25) is 0 Å². The number of hydrogen-bond acceptors (Lipinski definition) is 4. The minimum absolute atomic E-state index is 0.0670. The predicted octanol–water partition coefficient (Wildman–Crippen LogP) is 3.10. The zero-order valence-corrected chi connectivity index (χ0v) is 10.5. The molecule has 0 fully saturated rings. The quantitative estimate of drug-likeness (QED) is 0.886. The van der Waals surface area contributed by atoms with Crippen molar-refractivity contribution in [3.8, 4) is 5.88 Å². The average Bonchev–Trinajstić information content (AvgIpc) is 2.27. The number of nitrogens with one attached hydrogen (secondary N) is 1. The Kier molecular flexibility index (Phi) is 4.75. The van der Waals surface area contributed by atoms with E-state index in [1.807, 2.05) is 6.92 Å². The molecule has 1 heterocycles. The van der Waals surface area contributed by atoms with Crippen molar-refractivity contribution >= 4 is 5.95 Å². The zero-order chi connectivity index (χ0) is 13.8. The van der Waals surface area contributed by atoms with E-state index in [-0.39, 0.29) is 17.9 Å². The highest BCUT2D eigenvalue weighted by Gasteiger charge is 2.34. The first-order valence-electron chi connectivity index (χ1n) is 5.67. The van der Waals surface area contributed by atoms with Gasteiger partial charge in [-0.05, 0) is 13.3 Å². The van der Waals surface area contributed by atoms with Crippen LogP contribution in [0.5, 0.6) is 5.88 Å². The Morgan fingerprint density at radius 2 is 2.06 bits per heavy atom. The van der Waals surface area contributed by atoms with Crippen LogP contribution in [-0.4, -0.2) is 23.1 Å². The van der Waals surface area contributed by atoms with Gasteiger partial charge in [0.15, 0.2) is 5.69 Å². The molecule has 0 aliphatic heterocycles. The monoisotopic (exact) mass is 263 g/mol. The van der Waals surface area contributed by atoms with Crippen LogP contribution in [0.15, 0.2) is 6.07 Å². The number of rotatable bonds is 5. The van der Waals surface area contributed by atoms with Crippen molar-refractivity contribution in [2.75, 3.05) is 12.4 Å². The third-order valence-corrected chi connectivity index (χ3v) is 2.23. The molecule has 0 saturated heterocycles. The molecule has 1 rings (SSSR count). The molecule has 0 bridgehead atoms. The van der Waals surface area contributed by atoms with E-state index < -0.39 is 11.9 Å². The highest BCUT2D eigenvalue weighted by atomic mass is 19.4. The molecule has 1 unspecified atom stereocenters. The summed E-state index contributed by atoms with van der Waals surface area (Å²) in [4.78, 5) is 7.19. The number of aromatic nitrogens is 2. The summed E-state index contributed by atoms with van der Waals surface area (Å²) in [6.07, 6.45) is -3.06. The van der Waals surface area contributed by atoms with Gasteiger partial charge >= 0.3 is 6.18 Å². The summed E-state index contributed by atoms with van der Waals surface area (Å²) in [5.41, 5.74) is -1.01. The molecule has 1 aromatic rings. The van der Waals surface area contributed by atoms with E-state index in [9.17, 15) is 13.2 Å². The molecule has 102 valence electrons. The number of hydrogen-bond donors (Lipinski definition) is 1. The largest absolute Gasteiger partial charge is 0.475 e. The van der Waals surface area contributed by atoms with Crippen LogP contribution in [0, 0.1) is 0 Å². The molecule has 1 aromatic heterocycles. The van der Waals surface area contributed by atoms with E-state index in [4.69, 9.17) is 4.74 Å².